The number of nitrogens with zero attached hydrogens (tertiary/aromatic N) is 4. The van der Waals surface area contributed by atoms with E-state index in [1.165, 1.54) is 0 Å². The van der Waals surface area contributed by atoms with Crippen LogP contribution in [-0.4, -0.2) is 66.7 Å². The molecule has 3 rings (SSSR count). The molecule has 29 heavy (non-hydrogen) atoms. The van der Waals surface area contributed by atoms with Gasteiger partial charge in [0.15, 0.2) is 5.82 Å². The van der Waals surface area contributed by atoms with Gasteiger partial charge < -0.3 is 10.0 Å². The normalized spacial score (nSPS) is 18.2. The number of hydrogen-bond donors (Lipinski definition) is 2. The van der Waals surface area contributed by atoms with Crippen LogP contribution >= 0.6 is 11.8 Å². The number of rotatable bonds is 12. The monoisotopic (exact) mass is 417 g/mol. The van der Waals surface area contributed by atoms with Crippen LogP contribution in [0.2, 0.25) is 0 Å². The summed E-state index contributed by atoms with van der Waals surface area (Å²) in [6.45, 7) is 0.797. The van der Waals surface area contributed by atoms with Gasteiger partial charge in [0, 0.05) is 31.2 Å². The van der Waals surface area contributed by atoms with Crippen molar-refractivity contribution in [3.63, 3.8) is 0 Å². The number of aliphatic hydroxyl groups is 1. The third-order valence-electron chi connectivity index (χ3n) is 5.39. The zero-order valence-electron chi connectivity index (χ0n) is 16.9. The zero-order valence-corrected chi connectivity index (χ0v) is 17.7. The number of aromatic nitrogens is 4. The van der Waals surface area contributed by atoms with Gasteiger partial charge in [-0.15, -0.1) is 10.2 Å². The molecule has 1 aromatic heterocycles. The van der Waals surface area contributed by atoms with Gasteiger partial charge in [-0.2, -0.15) is 17.0 Å². The van der Waals surface area contributed by atoms with E-state index in [4.69, 9.17) is 0 Å². The Balaban J connectivity index is 1.36. The van der Waals surface area contributed by atoms with Gasteiger partial charge in [0.25, 0.3) is 0 Å². The molecule has 158 valence electrons. The highest BCUT2D eigenvalue weighted by Crippen LogP contribution is 2.23. The first-order chi connectivity index (χ1) is 14.2. The van der Waals surface area contributed by atoms with E-state index in [0.29, 0.717) is 12.8 Å². The molecule has 0 spiro atoms. The summed E-state index contributed by atoms with van der Waals surface area (Å²) in [6.07, 6.45) is 6.45. The number of carbonyl (C=O) groups is 1. The number of aliphatic hydroxyl groups excluding tert-OH is 1. The molecule has 2 heterocycles. The Morgan fingerprint density at radius 1 is 1.28 bits per heavy atom. The Hall–Kier alpha value is -1.93. The SMILES string of the molecule is O=C1CCC[C@H](CCC(O)Cc2ccccc2)N1CCSCCCc1nn[nH]n1. The zero-order chi connectivity index (χ0) is 20.3. The van der Waals surface area contributed by atoms with Crippen LogP contribution in [0.15, 0.2) is 30.3 Å². The van der Waals surface area contributed by atoms with E-state index in [2.05, 4.69) is 37.7 Å². The van der Waals surface area contributed by atoms with Crippen LogP contribution in [0.5, 0.6) is 0 Å². The molecule has 7 nitrogen and oxygen atoms in total. The van der Waals surface area contributed by atoms with Crippen molar-refractivity contribution in [3.8, 4) is 0 Å². The lowest BCUT2D eigenvalue weighted by atomic mass is 9.94. The van der Waals surface area contributed by atoms with Crippen molar-refractivity contribution >= 4 is 17.7 Å². The van der Waals surface area contributed by atoms with Gasteiger partial charge in [0.1, 0.15) is 0 Å². The predicted molar refractivity (Wildman–Crippen MR) is 115 cm³/mol. The molecule has 1 aliphatic heterocycles. The summed E-state index contributed by atoms with van der Waals surface area (Å²) in [5.41, 5.74) is 1.16. The van der Waals surface area contributed by atoms with Crippen molar-refractivity contribution in [2.24, 2.45) is 0 Å². The van der Waals surface area contributed by atoms with Crippen LogP contribution in [0.4, 0.5) is 0 Å². The van der Waals surface area contributed by atoms with E-state index in [0.717, 1.165) is 68.0 Å². The largest absolute Gasteiger partial charge is 0.393 e. The van der Waals surface area contributed by atoms with Crippen LogP contribution < -0.4 is 0 Å². The van der Waals surface area contributed by atoms with Crippen LogP contribution in [0.3, 0.4) is 0 Å². The summed E-state index contributed by atoms with van der Waals surface area (Å²) in [5, 5.41) is 24.4. The molecule has 0 saturated carbocycles. The van der Waals surface area contributed by atoms with E-state index in [-0.39, 0.29) is 18.1 Å². The number of carbonyl (C=O) groups excluding carboxylic acids is 1. The summed E-state index contributed by atoms with van der Waals surface area (Å²) >= 11 is 1.87. The van der Waals surface area contributed by atoms with Gasteiger partial charge in [0.05, 0.1) is 6.10 Å². The van der Waals surface area contributed by atoms with Crippen molar-refractivity contribution in [1.82, 2.24) is 25.5 Å². The Morgan fingerprint density at radius 3 is 2.93 bits per heavy atom. The van der Waals surface area contributed by atoms with Crippen LogP contribution in [0.1, 0.15) is 49.9 Å². The Bertz CT molecular complexity index is 713. The molecular weight excluding hydrogens is 386 g/mol. The van der Waals surface area contributed by atoms with Gasteiger partial charge in [-0.05, 0) is 49.8 Å². The number of H-pyrrole nitrogens is 1. The van der Waals surface area contributed by atoms with Gasteiger partial charge >= 0.3 is 0 Å². The maximum atomic E-state index is 12.4. The van der Waals surface area contributed by atoms with Crippen molar-refractivity contribution in [2.75, 3.05) is 18.1 Å². The molecule has 1 aliphatic rings. The fourth-order valence-corrected chi connectivity index (χ4v) is 4.74. The summed E-state index contributed by atoms with van der Waals surface area (Å²) in [4.78, 5) is 14.5. The van der Waals surface area contributed by atoms with E-state index < -0.39 is 0 Å². The molecular formula is C21H31N5O2S. The van der Waals surface area contributed by atoms with Crippen LogP contribution in [0, 0.1) is 0 Å². The third kappa shape index (κ3) is 7.44. The molecule has 1 aromatic carbocycles. The lowest BCUT2D eigenvalue weighted by molar-refractivity contribution is -0.136. The number of hydrogen-bond acceptors (Lipinski definition) is 6. The minimum Gasteiger partial charge on any atom is -0.393 e. The standard InChI is InChI=1S/C21H31N5O2S/c27-19(16-17-6-2-1-3-7-17)12-11-18-8-4-10-21(28)26(18)13-15-29-14-5-9-20-22-24-25-23-20/h1-3,6-7,18-19,27H,4-5,8-16H2,(H,22,23,24,25)/t18-,19?/m1/s1. The summed E-state index contributed by atoms with van der Waals surface area (Å²) in [7, 11) is 0. The molecule has 0 radical (unpaired) electrons. The molecule has 2 atom stereocenters. The molecule has 1 fully saturated rings. The van der Waals surface area contributed by atoms with Crippen molar-refractivity contribution < 1.29 is 9.90 Å². The number of aryl methyl sites for hydroxylation is 1. The molecule has 1 amide bonds. The average Bonchev–Trinajstić information content (AvgIpc) is 3.24. The van der Waals surface area contributed by atoms with E-state index >= 15 is 0 Å². The van der Waals surface area contributed by atoms with Gasteiger partial charge in [-0.1, -0.05) is 35.5 Å². The molecule has 0 bridgehead atoms. The minimum atomic E-state index is -0.351. The highest BCUT2D eigenvalue weighted by molar-refractivity contribution is 7.99. The maximum absolute atomic E-state index is 12.4. The van der Waals surface area contributed by atoms with Gasteiger partial charge in [-0.25, -0.2) is 0 Å². The molecule has 8 heteroatoms. The first-order valence-electron chi connectivity index (χ1n) is 10.5. The minimum absolute atomic E-state index is 0.265. The van der Waals surface area contributed by atoms with Gasteiger partial charge in [0.2, 0.25) is 5.91 Å². The topological polar surface area (TPSA) is 95.0 Å². The molecule has 0 aliphatic carbocycles. The lowest BCUT2D eigenvalue weighted by Gasteiger charge is -2.36. The Labute approximate surface area is 176 Å². The molecule has 1 unspecified atom stereocenters. The first kappa shape index (κ1) is 21.8. The van der Waals surface area contributed by atoms with Crippen molar-refractivity contribution in [1.29, 1.82) is 0 Å². The van der Waals surface area contributed by atoms with Crippen molar-refractivity contribution in [3.05, 3.63) is 41.7 Å². The number of nitrogens with one attached hydrogen (secondary N) is 1. The summed E-state index contributed by atoms with van der Waals surface area (Å²) < 4.78 is 0. The number of amides is 1. The predicted octanol–water partition coefficient (Wildman–Crippen LogP) is 2.63. The molecule has 2 N–H and O–H groups in total. The number of thioether (sulfide) groups is 1. The average molecular weight is 418 g/mol. The smallest absolute Gasteiger partial charge is 0.222 e. The molecule has 1 saturated heterocycles. The highest BCUT2D eigenvalue weighted by Gasteiger charge is 2.27. The summed E-state index contributed by atoms with van der Waals surface area (Å²) in [5.74, 6) is 3.00. The maximum Gasteiger partial charge on any atom is 0.222 e. The van der Waals surface area contributed by atoms with Crippen LogP contribution in [0.25, 0.3) is 0 Å². The summed E-state index contributed by atoms with van der Waals surface area (Å²) in [6, 6.07) is 10.4. The number of aromatic amines is 1. The van der Waals surface area contributed by atoms with Crippen LogP contribution in [-0.2, 0) is 17.6 Å². The molecule has 2 aromatic rings. The second-order valence-electron chi connectivity index (χ2n) is 7.60. The number of likely N-dealkylation sites (tertiary alicyclic amines) is 1. The first-order valence-corrected chi connectivity index (χ1v) is 11.7. The van der Waals surface area contributed by atoms with Gasteiger partial charge in [-0.3, -0.25) is 4.79 Å². The van der Waals surface area contributed by atoms with E-state index in [1.54, 1.807) is 0 Å². The van der Waals surface area contributed by atoms with E-state index in [9.17, 15) is 9.90 Å². The second-order valence-corrected chi connectivity index (χ2v) is 8.82. The third-order valence-corrected chi connectivity index (χ3v) is 6.44. The fourth-order valence-electron chi connectivity index (χ4n) is 3.86. The Kier molecular flexibility index (Phi) is 8.95. The second kappa shape index (κ2) is 11.9. The van der Waals surface area contributed by atoms with Crippen molar-refractivity contribution in [2.45, 2.75) is 63.5 Å². The van der Waals surface area contributed by atoms with E-state index in [1.807, 2.05) is 30.0 Å². The highest BCUT2D eigenvalue weighted by atomic mass is 32.2. The quantitative estimate of drug-likeness (QED) is 0.516. The Morgan fingerprint density at radius 2 is 2.14 bits per heavy atom. The lowest BCUT2D eigenvalue weighted by Crippen LogP contribution is -2.45. The number of benzene rings is 1. The number of tetrazole rings is 1. The number of piperidine rings is 1. The fraction of sp³-hybridized carbons (Fsp3) is 0.619.